The molecular formula is C11H14Br2O. The van der Waals surface area contributed by atoms with Crippen LogP contribution in [-0.4, -0.2) is 4.83 Å². The number of hydrogen-bond donors (Lipinski definition) is 0. The SMILES string of the molecule is CC1(Cc2coc(Br)c2)CCC(Br)C1. The maximum absolute atomic E-state index is 5.25. The zero-order valence-corrected chi connectivity index (χ0v) is 11.4. The summed E-state index contributed by atoms with van der Waals surface area (Å²) in [5.74, 6) is 0. The zero-order valence-electron chi connectivity index (χ0n) is 8.22. The zero-order chi connectivity index (χ0) is 10.2. The largest absolute Gasteiger partial charge is 0.457 e. The number of rotatable bonds is 2. The Kier molecular flexibility index (Phi) is 3.08. The lowest BCUT2D eigenvalue weighted by Crippen LogP contribution is -2.15. The standard InChI is InChI=1S/C11H14Br2O/c1-11(3-2-9(12)6-11)5-8-4-10(13)14-7-8/h4,7,9H,2-3,5-6H2,1H3. The lowest BCUT2D eigenvalue weighted by molar-refractivity contribution is 0.334. The first-order valence-corrected chi connectivity index (χ1v) is 6.65. The van der Waals surface area contributed by atoms with Crippen molar-refractivity contribution in [1.82, 2.24) is 0 Å². The molecule has 1 aromatic heterocycles. The van der Waals surface area contributed by atoms with Crippen LogP contribution in [0.25, 0.3) is 0 Å². The quantitative estimate of drug-likeness (QED) is 0.729. The van der Waals surface area contributed by atoms with Gasteiger partial charge < -0.3 is 4.42 Å². The van der Waals surface area contributed by atoms with Gasteiger partial charge in [-0.25, -0.2) is 0 Å². The topological polar surface area (TPSA) is 13.1 Å². The Balaban J connectivity index is 2.03. The molecule has 2 unspecified atom stereocenters. The summed E-state index contributed by atoms with van der Waals surface area (Å²) in [7, 11) is 0. The molecule has 1 aliphatic rings. The first-order chi connectivity index (χ1) is 6.57. The van der Waals surface area contributed by atoms with E-state index in [-0.39, 0.29) is 0 Å². The molecule has 0 bridgehead atoms. The van der Waals surface area contributed by atoms with Crippen molar-refractivity contribution < 1.29 is 4.42 Å². The van der Waals surface area contributed by atoms with Crippen molar-refractivity contribution in [2.45, 2.75) is 37.4 Å². The Bertz CT molecular complexity index is 321. The Morgan fingerprint density at radius 2 is 2.43 bits per heavy atom. The van der Waals surface area contributed by atoms with E-state index in [2.05, 4.69) is 44.8 Å². The molecule has 78 valence electrons. The van der Waals surface area contributed by atoms with Crippen LogP contribution in [0, 0.1) is 5.41 Å². The van der Waals surface area contributed by atoms with E-state index >= 15 is 0 Å². The fourth-order valence-corrected chi connectivity index (χ4v) is 3.73. The van der Waals surface area contributed by atoms with Crippen LogP contribution in [0.5, 0.6) is 0 Å². The molecule has 1 aromatic rings. The van der Waals surface area contributed by atoms with Gasteiger partial charge in [-0.15, -0.1) is 0 Å². The van der Waals surface area contributed by atoms with Gasteiger partial charge in [0.25, 0.3) is 0 Å². The van der Waals surface area contributed by atoms with Gasteiger partial charge in [-0.2, -0.15) is 0 Å². The van der Waals surface area contributed by atoms with E-state index in [4.69, 9.17) is 4.42 Å². The minimum atomic E-state index is 0.456. The van der Waals surface area contributed by atoms with Gasteiger partial charge in [0.1, 0.15) is 0 Å². The molecule has 0 spiro atoms. The second-order valence-corrected chi connectivity index (χ2v) is 6.66. The lowest BCUT2D eigenvalue weighted by Gasteiger charge is -2.22. The van der Waals surface area contributed by atoms with E-state index in [1.807, 2.05) is 6.26 Å². The summed E-state index contributed by atoms with van der Waals surface area (Å²) in [6.45, 7) is 2.37. The highest BCUT2D eigenvalue weighted by Crippen LogP contribution is 2.43. The van der Waals surface area contributed by atoms with Gasteiger partial charge in [0.05, 0.1) is 6.26 Å². The van der Waals surface area contributed by atoms with Crippen LogP contribution in [-0.2, 0) is 6.42 Å². The minimum Gasteiger partial charge on any atom is -0.457 e. The van der Waals surface area contributed by atoms with Crippen LogP contribution in [0.15, 0.2) is 21.4 Å². The van der Waals surface area contributed by atoms with Crippen molar-refractivity contribution in [3.63, 3.8) is 0 Å². The van der Waals surface area contributed by atoms with Gasteiger partial charge in [-0.05, 0) is 58.7 Å². The summed E-state index contributed by atoms with van der Waals surface area (Å²) in [4.78, 5) is 0.711. The predicted molar refractivity (Wildman–Crippen MR) is 64.8 cm³/mol. The fraction of sp³-hybridized carbons (Fsp3) is 0.636. The van der Waals surface area contributed by atoms with Crippen molar-refractivity contribution in [2.75, 3.05) is 0 Å². The Morgan fingerprint density at radius 1 is 1.64 bits per heavy atom. The van der Waals surface area contributed by atoms with Gasteiger partial charge in [-0.1, -0.05) is 22.9 Å². The van der Waals surface area contributed by atoms with Crippen molar-refractivity contribution in [1.29, 1.82) is 0 Å². The predicted octanol–water partition coefficient (Wildman–Crippen LogP) is 4.54. The van der Waals surface area contributed by atoms with E-state index in [0.29, 0.717) is 10.2 Å². The van der Waals surface area contributed by atoms with Gasteiger partial charge in [0, 0.05) is 4.83 Å². The van der Waals surface area contributed by atoms with Crippen molar-refractivity contribution in [3.05, 3.63) is 22.6 Å². The highest BCUT2D eigenvalue weighted by atomic mass is 79.9. The summed E-state index contributed by atoms with van der Waals surface area (Å²) in [5, 5.41) is 0. The second kappa shape index (κ2) is 4.01. The van der Waals surface area contributed by atoms with Gasteiger partial charge in [0.15, 0.2) is 4.67 Å². The molecular weight excluding hydrogens is 308 g/mol. The molecule has 2 atom stereocenters. The van der Waals surface area contributed by atoms with Crippen LogP contribution >= 0.6 is 31.9 Å². The van der Waals surface area contributed by atoms with E-state index in [1.54, 1.807) is 0 Å². The average Bonchev–Trinajstić information content (AvgIpc) is 2.60. The van der Waals surface area contributed by atoms with E-state index in [9.17, 15) is 0 Å². The monoisotopic (exact) mass is 320 g/mol. The number of halogens is 2. The molecule has 1 heterocycles. The van der Waals surface area contributed by atoms with Gasteiger partial charge >= 0.3 is 0 Å². The first-order valence-electron chi connectivity index (χ1n) is 4.94. The van der Waals surface area contributed by atoms with Crippen LogP contribution in [0.1, 0.15) is 31.7 Å². The Morgan fingerprint density at radius 3 is 2.93 bits per heavy atom. The molecule has 0 saturated heterocycles. The Labute approximate surface area is 102 Å². The maximum Gasteiger partial charge on any atom is 0.169 e. The van der Waals surface area contributed by atoms with Crippen LogP contribution in [0.3, 0.4) is 0 Å². The normalized spacial score (nSPS) is 32.4. The molecule has 14 heavy (non-hydrogen) atoms. The van der Waals surface area contributed by atoms with Gasteiger partial charge in [-0.3, -0.25) is 0 Å². The first kappa shape index (κ1) is 10.7. The molecule has 0 N–H and O–H groups in total. The lowest BCUT2D eigenvalue weighted by atomic mass is 9.83. The van der Waals surface area contributed by atoms with Crippen molar-refractivity contribution in [3.8, 4) is 0 Å². The summed E-state index contributed by atoms with van der Waals surface area (Å²) < 4.78 is 6.09. The number of furan rings is 1. The molecule has 0 radical (unpaired) electrons. The number of hydrogen-bond acceptors (Lipinski definition) is 1. The molecule has 1 saturated carbocycles. The van der Waals surface area contributed by atoms with Gasteiger partial charge in [0.2, 0.25) is 0 Å². The van der Waals surface area contributed by atoms with E-state index in [0.717, 1.165) is 11.1 Å². The van der Waals surface area contributed by atoms with E-state index in [1.165, 1.54) is 24.8 Å². The molecule has 1 nitrogen and oxygen atoms in total. The molecule has 0 aromatic carbocycles. The van der Waals surface area contributed by atoms with Crippen molar-refractivity contribution >= 4 is 31.9 Å². The second-order valence-electron chi connectivity index (χ2n) is 4.59. The molecule has 0 amide bonds. The third-order valence-corrected chi connectivity index (χ3v) is 4.23. The summed E-state index contributed by atoms with van der Waals surface area (Å²) >= 11 is 7.03. The molecule has 0 aliphatic heterocycles. The van der Waals surface area contributed by atoms with Crippen LogP contribution < -0.4 is 0 Å². The summed E-state index contributed by atoms with van der Waals surface area (Å²) in [6.07, 6.45) is 6.87. The smallest absolute Gasteiger partial charge is 0.169 e. The highest BCUT2D eigenvalue weighted by molar-refractivity contribution is 9.10. The average molecular weight is 322 g/mol. The third-order valence-electron chi connectivity index (χ3n) is 3.03. The molecule has 2 rings (SSSR count). The summed E-state index contributed by atoms with van der Waals surface area (Å²) in [5.41, 5.74) is 1.76. The molecule has 3 heteroatoms. The highest BCUT2D eigenvalue weighted by Gasteiger charge is 2.34. The third kappa shape index (κ3) is 2.43. The maximum atomic E-state index is 5.25. The van der Waals surface area contributed by atoms with E-state index < -0.39 is 0 Å². The molecule has 1 fully saturated rings. The summed E-state index contributed by atoms with van der Waals surface area (Å²) in [6, 6.07) is 2.08. The minimum absolute atomic E-state index is 0.456. The fourth-order valence-electron chi connectivity index (χ4n) is 2.34. The van der Waals surface area contributed by atoms with Crippen LogP contribution in [0.4, 0.5) is 0 Å². The van der Waals surface area contributed by atoms with Crippen LogP contribution in [0.2, 0.25) is 0 Å². The van der Waals surface area contributed by atoms with Crippen molar-refractivity contribution in [2.24, 2.45) is 5.41 Å². The number of alkyl halides is 1. The molecule has 1 aliphatic carbocycles. The Hall–Kier alpha value is 0.240.